The van der Waals surface area contributed by atoms with Gasteiger partial charge in [-0.05, 0) is 25.0 Å². The highest BCUT2D eigenvalue weighted by Gasteiger charge is 2.17. The monoisotopic (exact) mass is 209 g/mol. The van der Waals surface area contributed by atoms with Gasteiger partial charge in [0.05, 0.1) is 18.2 Å². The quantitative estimate of drug-likeness (QED) is 0.693. The first-order valence-electron chi connectivity index (χ1n) is 5.10. The smallest absolute Gasteiger partial charge is 0.0632 e. The van der Waals surface area contributed by atoms with E-state index >= 15 is 0 Å². The predicted octanol–water partition coefficient (Wildman–Crippen LogP) is 0.992. The molecule has 0 aliphatic heterocycles. The number of rotatable bonds is 4. The fourth-order valence-electron chi connectivity index (χ4n) is 1.62. The van der Waals surface area contributed by atoms with Crippen LogP contribution >= 0.6 is 0 Å². The lowest BCUT2D eigenvalue weighted by atomic mass is 9.92. The van der Waals surface area contributed by atoms with Crippen LogP contribution in [0.15, 0.2) is 24.3 Å². The van der Waals surface area contributed by atoms with E-state index in [2.05, 4.69) is 0 Å². The van der Waals surface area contributed by atoms with E-state index in [0.717, 1.165) is 11.1 Å². The molecule has 0 heterocycles. The molecule has 0 aromatic heterocycles. The summed E-state index contributed by atoms with van der Waals surface area (Å²) < 4.78 is 0. The summed E-state index contributed by atoms with van der Waals surface area (Å²) in [6.45, 7) is 3.44. The van der Waals surface area contributed by atoms with Crippen LogP contribution in [0, 0.1) is 0 Å². The minimum Gasteiger partial charge on any atom is -0.394 e. The zero-order valence-electron chi connectivity index (χ0n) is 9.27. The Bertz CT molecular complexity index is 318. The summed E-state index contributed by atoms with van der Waals surface area (Å²) in [5, 5.41) is 18.8. The molecule has 15 heavy (non-hydrogen) atoms. The van der Waals surface area contributed by atoms with Gasteiger partial charge in [-0.3, -0.25) is 0 Å². The molecule has 0 amide bonds. The molecule has 1 unspecified atom stereocenters. The molecule has 0 saturated carbocycles. The lowest BCUT2D eigenvalue weighted by Gasteiger charge is -2.21. The average molecular weight is 209 g/mol. The fraction of sp³-hybridized carbons (Fsp3) is 0.500. The second-order valence-corrected chi connectivity index (χ2v) is 4.48. The molecule has 4 N–H and O–H groups in total. The van der Waals surface area contributed by atoms with E-state index in [9.17, 15) is 5.11 Å². The molecule has 0 saturated heterocycles. The highest BCUT2D eigenvalue weighted by molar-refractivity contribution is 5.31. The maximum absolute atomic E-state index is 9.75. The van der Waals surface area contributed by atoms with Crippen molar-refractivity contribution in [3.8, 4) is 0 Å². The van der Waals surface area contributed by atoms with Crippen LogP contribution in [-0.2, 0) is 6.42 Å². The predicted molar refractivity (Wildman–Crippen MR) is 60.5 cm³/mol. The molecule has 1 rings (SSSR count). The van der Waals surface area contributed by atoms with E-state index in [1.165, 1.54) is 0 Å². The van der Waals surface area contributed by atoms with Crippen molar-refractivity contribution >= 4 is 0 Å². The van der Waals surface area contributed by atoms with Crippen molar-refractivity contribution in [3.05, 3.63) is 35.4 Å². The number of aliphatic hydroxyl groups is 2. The molecule has 0 bridgehead atoms. The van der Waals surface area contributed by atoms with Gasteiger partial charge < -0.3 is 15.9 Å². The average Bonchev–Trinajstić information content (AvgIpc) is 2.15. The molecular weight excluding hydrogens is 190 g/mol. The van der Waals surface area contributed by atoms with Gasteiger partial charge in [-0.15, -0.1) is 0 Å². The Morgan fingerprint density at radius 2 is 1.93 bits per heavy atom. The first-order valence-corrected chi connectivity index (χ1v) is 5.10. The molecule has 0 spiro atoms. The summed E-state index contributed by atoms with van der Waals surface area (Å²) in [6, 6.07) is 7.25. The van der Waals surface area contributed by atoms with Crippen molar-refractivity contribution in [2.75, 3.05) is 6.61 Å². The third-order valence-electron chi connectivity index (χ3n) is 2.27. The zero-order chi connectivity index (χ0) is 11.5. The second kappa shape index (κ2) is 4.75. The minimum absolute atomic E-state index is 0.0805. The molecule has 1 aromatic rings. The van der Waals surface area contributed by atoms with Gasteiger partial charge in [0, 0.05) is 6.42 Å². The van der Waals surface area contributed by atoms with Crippen molar-refractivity contribution in [2.45, 2.75) is 31.9 Å². The molecule has 0 aliphatic rings. The van der Waals surface area contributed by atoms with Crippen LogP contribution in [0.3, 0.4) is 0 Å². The molecule has 1 atom stereocenters. The fourth-order valence-corrected chi connectivity index (χ4v) is 1.62. The van der Waals surface area contributed by atoms with Gasteiger partial charge >= 0.3 is 0 Å². The van der Waals surface area contributed by atoms with Gasteiger partial charge in [0.25, 0.3) is 0 Å². The Hall–Kier alpha value is -0.900. The van der Waals surface area contributed by atoms with Gasteiger partial charge in [-0.1, -0.05) is 24.3 Å². The standard InChI is InChI=1S/C12H19NO2/c1-12(2,15)7-9-5-3-4-6-10(9)11(13)8-14/h3-6,11,14-15H,7-8,13H2,1-2H3. The molecule has 0 aliphatic carbocycles. The first-order chi connectivity index (χ1) is 6.94. The van der Waals surface area contributed by atoms with Gasteiger partial charge in [-0.25, -0.2) is 0 Å². The third-order valence-corrected chi connectivity index (χ3v) is 2.27. The summed E-state index contributed by atoms with van der Waals surface area (Å²) in [6.07, 6.45) is 0.539. The Balaban J connectivity index is 2.96. The van der Waals surface area contributed by atoms with Crippen molar-refractivity contribution < 1.29 is 10.2 Å². The van der Waals surface area contributed by atoms with E-state index < -0.39 is 5.60 Å². The van der Waals surface area contributed by atoms with Gasteiger partial charge in [0.1, 0.15) is 0 Å². The highest BCUT2D eigenvalue weighted by atomic mass is 16.3. The van der Waals surface area contributed by atoms with Gasteiger partial charge in [0.2, 0.25) is 0 Å². The summed E-state index contributed by atoms with van der Waals surface area (Å²) in [5.74, 6) is 0. The van der Waals surface area contributed by atoms with Crippen LogP contribution in [0.5, 0.6) is 0 Å². The van der Waals surface area contributed by atoms with Crippen molar-refractivity contribution in [2.24, 2.45) is 5.73 Å². The Kier molecular flexibility index (Phi) is 3.85. The first kappa shape index (κ1) is 12.2. The van der Waals surface area contributed by atoms with Gasteiger partial charge in [0.15, 0.2) is 0 Å². The van der Waals surface area contributed by atoms with Crippen LogP contribution in [0.25, 0.3) is 0 Å². The van der Waals surface area contributed by atoms with E-state index in [1.54, 1.807) is 13.8 Å². The number of hydrogen-bond acceptors (Lipinski definition) is 3. The van der Waals surface area contributed by atoms with Crippen molar-refractivity contribution in [1.82, 2.24) is 0 Å². The van der Waals surface area contributed by atoms with Gasteiger partial charge in [-0.2, -0.15) is 0 Å². The largest absolute Gasteiger partial charge is 0.394 e. The highest BCUT2D eigenvalue weighted by Crippen LogP contribution is 2.20. The molecule has 0 radical (unpaired) electrons. The van der Waals surface area contributed by atoms with Crippen molar-refractivity contribution in [1.29, 1.82) is 0 Å². The van der Waals surface area contributed by atoms with E-state index in [4.69, 9.17) is 10.8 Å². The van der Waals surface area contributed by atoms with Crippen LogP contribution in [0.1, 0.15) is 31.0 Å². The van der Waals surface area contributed by atoms with Crippen LogP contribution in [0.2, 0.25) is 0 Å². The topological polar surface area (TPSA) is 66.5 Å². The second-order valence-electron chi connectivity index (χ2n) is 4.48. The number of benzene rings is 1. The Labute approximate surface area is 90.5 Å². The maximum atomic E-state index is 9.75. The summed E-state index contributed by atoms with van der Waals surface area (Å²) in [5.41, 5.74) is 6.92. The minimum atomic E-state index is -0.759. The number of hydrogen-bond donors (Lipinski definition) is 3. The summed E-state index contributed by atoms with van der Waals surface area (Å²) in [4.78, 5) is 0. The zero-order valence-corrected chi connectivity index (χ0v) is 9.27. The van der Waals surface area contributed by atoms with Crippen LogP contribution in [0.4, 0.5) is 0 Å². The van der Waals surface area contributed by atoms with Crippen molar-refractivity contribution in [3.63, 3.8) is 0 Å². The van der Waals surface area contributed by atoms with E-state index in [0.29, 0.717) is 6.42 Å². The molecule has 0 fully saturated rings. The molecule has 3 nitrogen and oxygen atoms in total. The molecule has 1 aromatic carbocycles. The molecule has 84 valence electrons. The number of nitrogens with two attached hydrogens (primary N) is 1. The van der Waals surface area contributed by atoms with Crippen LogP contribution < -0.4 is 5.73 Å². The summed E-state index contributed by atoms with van der Waals surface area (Å²) >= 11 is 0. The maximum Gasteiger partial charge on any atom is 0.0632 e. The lowest BCUT2D eigenvalue weighted by molar-refractivity contribution is 0.0805. The lowest BCUT2D eigenvalue weighted by Crippen LogP contribution is -2.24. The third kappa shape index (κ3) is 3.63. The normalized spacial score (nSPS) is 13.9. The number of aliphatic hydroxyl groups excluding tert-OH is 1. The SMILES string of the molecule is CC(C)(O)Cc1ccccc1C(N)CO. The molecule has 3 heteroatoms. The van der Waals surface area contributed by atoms with E-state index in [-0.39, 0.29) is 12.6 Å². The van der Waals surface area contributed by atoms with E-state index in [1.807, 2.05) is 24.3 Å². The van der Waals surface area contributed by atoms with Crippen LogP contribution in [-0.4, -0.2) is 22.4 Å². The Morgan fingerprint density at radius 3 is 2.47 bits per heavy atom. The Morgan fingerprint density at radius 1 is 1.33 bits per heavy atom. The summed E-state index contributed by atoms with van der Waals surface area (Å²) in [7, 11) is 0. The molecular formula is C12H19NO2.